The largest absolute Gasteiger partial charge is 0.312 e. The van der Waals surface area contributed by atoms with Crippen LogP contribution in [0.4, 0.5) is 0 Å². The summed E-state index contributed by atoms with van der Waals surface area (Å²) in [4.78, 5) is 8.60. The van der Waals surface area contributed by atoms with Crippen LogP contribution < -0.4 is 5.32 Å². The molecular formula is C14H23N3. The van der Waals surface area contributed by atoms with E-state index in [9.17, 15) is 0 Å². The van der Waals surface area contributed by atoms with Gasteiger partial charge in [-0.1, -0.05) is 18.9 Å². The molecule has 0 spiro atoms. The van der Waals surface area contributed by atoms with Gasteiger partial charge in [-0.05, 0) is 39.3 Å². The maximum Gasteiger partial charge on any atom is 0.125 e. The Bertz CT molecular complexity index is 336. The monoisotopic (exact) mass is 233 g/mol. The maximum atomic E-state index is 4.47. The van der Waals surface area contributed by atoms with E-state index in [0.29, 0.717) is 6.04 Å². The third-order valence-electron chi connectivity index (χ3n) is 2.90. The molecule has 1 aromatic rings. The van der Waals surface area contributed by atoms with Crippen LogP contribution in [0.1, 0.15) is 49.7 Å². The summed E-state index contributed by atoms with van der Waals surface area (Å²) in [5.41, 5.74) is 1.10. The molecule has 17 heavy (non-hydrogen) atoms. The van der Waals surface area contributed by atoms with Gasteiger partial charge in [-0.3, -0.25) is 0 Å². The molecule has 3 heteroatoms. The van der Waals surface area contributed by atoms with Gasteiger partial charge in [0.1, 0.15) is 5.82 Å². The van der Waals surface area contributed by atoms with Gasteiger partial charge < -0.3 is 5.32 Å². The predicted octanol–water partition coefficient (Wildman–Crippen LogP) is 3.18. The van der Waals surface area contributed by atoms with Gasteiger partial charge in [-0.25, -0.2) is 9.97 Å². The molecule has 1 rings (SSSR count). The molecule has 1 atom stereocenters. The van der Waals surface area contributed by atoms with Crippen LogP contribution in [-0.4, -0.2) is 17.0 Å². The van der Waals surface area contributed by atoms with E-state index in [0.717, 1.165) is 24.4 Å². The first kappa shape index (κ1) is 13.8. The van der Waals surface area contributed by atoms with E-state index >= 15 is 0 Å². The number of hydrogen-bond donors (Lipinski definition) is 1. The second-order valence-electron chi connectivity index (χ2n) is 4.30. The van der Waals surface area contributed by atoms with Gasteiger partial charge in [0.2, 0.25) is 0 Å². The summed E-state index contributed by atoms with van der Waals surface area (Å²) in [5.74, 6) is 0.842. The first-order valence-corrected chi connectivity index (χ1v) is 6.35. The van der Waals surface area contributed by atoms with E-state index in [1.807, 2.05) is 32.3 Å². The number of nitrogens with one attached hydrogen (secondary N) is 1. The van der Waals surface area contributed by atoms with E-state index in [1.54, 1.807) is 0 Å². The Morgan fingerprint density at radius 2 is 2.24 bits per heavy atom. The normalized spacial score (nSPS) is 12.4. The molecule has 0 aliphatic rings. The number of rotatable bonds is 8. The Morgan fingerprint density at radius 3 is 2.88 bits per heavy atom. The molecule has 1 heterocycles. The molecule has 0 radical (unpaired) electrons. The fourth-order valence-electron chi connectivity index (χ4n) is 1.92. The zero-order chi connectivity index (χ0) is 12.5. The molecule has 94 valence electrons. The predicted molar refractivity (Wildman–Crippen MR) is 71.9 cm³/mol. The Labute approximate surface area is 104 Å². The van der Waals surface area contributed by atoms with Crippen molar-refractivity contribution in [2.24, 2.45) is 0 Å². The van der Waals surface area contributed by atoms with Crippen molar-refractivity contribution in [2.45, 2.75) is 45.1 Å². The number of aryl methyl sites for hydroxylation is 1. The third-order valence-corrected chi connectivity index (χ3v) is 2.90. The van der Waals surface area contributed by atoms with Crippen molar-refractivity contribution in [3.05, 3.63) is 36.4 Å². The Morgan fingerprint density at radius 1 is 1.41 bits per heavy atom. The van der Waals surface area contributed by atoms with Gasteiger partial charge in [-0.15, -0.1) is 6.58 Å². The Hall–Kier alpha value is -1.22. The average Bonchev–Trinajstić information content (AvgIpc) is 2.34. The quantitative estimate of drug-likeness (QED) is 0.553. The van der Waals surface area contributed by atoms with Crippen LogP contribution in [0.2, 0.25) is 0 Å². The fraction of sp³-hybridized carbons (Fsp3) is 0.571. The molecule has 1 unspecified atom stereocenters. The summed E-state index contributed by atoms with van der Waals surface area (Å²) in [6.07, 6.45) is 9.80. The van der Waals surface area contributed by atoms with Crippen molar-refractivity contribution in [3.63, 3.8) is 0 Å². The highest BCUT2D eigenvalue weighted by atomic mass is 14.9. The Balaban J connectivity index is 2.40. The molecule has 0 fully saturated rings. The first-order valence-electron chi connectivity index (χ1n) is 6.35. The van der Waals surface area contributed by atoms with Crippen molar-refractivity contribution in [3.8, 4) is 0 Å². The number of unbranched alkanes of at least 4 members (excludes halogenated alkanes) is 3. The van der Waals surface area contributed by atoms with Gasteiger partial charge >= 0.3 is 0 Å². The molecule has 1 aromatic heterocycles. The van der Waals surface area contributed by atoms with Crippen LogP contribution in [0.25, 0.3) is 0 Å². The average molecular weight is 233 g/mol. The van der Waals surface area contributed by atoms with Gasteiger partial charge in [0, 0.05) is 12.2 Å². The van der Waals surface area contributed by atoms with Crippen molar-refractivity contribution < 1.29 is 0 Å². The van der Waals surface area contributed by atoms with Gasteiger partial charge in [0.25, 0.3) is 0 Å². The smallest absolute Gasteiger partial charge is 0.125 e. The highest BCUT2D eigenvalue weighted by Crippen LogP contribution is 2.17. The van der Waals surface area contributed by atoms with Gasteiger partial charge in [0.05, 0.1) is 5.69 Å². The second-order valence-corrected chi connectivity index (χ2v) is 4.30. The number of aromatic nitrogens is 2. The van der Waals surface area contributed by atoms with Crippen LogP contribution in [0.15, 0.2) is 24.9 Å². The SMILES string of the molecule is C=CCCCCCC(NC)c1ccnc(C)n1. The van der Waals surface area contributed by atoms with Crippen molar-refractivity contribution in [1.29, 1.82) is 0 Å². The minimum absolute atomic E-state index is 0.348. The summed E-state index contributed by atoms with van der Waals surface area (Å²) in [6.45, 7) is 5.67. The third kappa shape index (κ3) is 5.09. The maximum absolute atomic E-state index is 4.47. The van der Waals surface area contributed by atoms with E-state index in [4.69, 9.17) is 0 Å². The van der Waals surface area contributed by atoms with E-state index in [-0.39, 0.29) is 0 Å². The minimum Gasteiger partial charge on any atom is -0.312 e. The zero-order valence-electron chi connectivity index (χ0n) is 10.9. The number of hydrogen-bond acceptors (Lipinski definition) is 3. The molecule has 0 saturated carbocycles. The molecule has 3 nitrogen and oxygen atoms in total. The molecule has 0 aromatic carbocycles. The summed E-state index contributed by atoms with van der Waals surface area (Å²) < 4.78 is 0. The van der Waals surface area contributed by atoms with Crippen molar-refractivity contribution in [1.82, 2.24) is 15.3 Å². The van der Waals surface area contributed by atoms with E-state index in [2.05, 4.69) is 21.9 Å². The van der Waals surface area contributed by atoms with E-state index < -0.39 is 0 Å². The fourth-order valence-corrected chi connectivity index (χ4v) is 1.92. The van der Waals surface area contributed by atoms with Crippen molar-refractivity contribution in [2.75, 3.05) is 7.05 Å². The lowest BCUT2D eigenvalue weighted by Gasteiger charge is -2.15. The van der Waals surface area contributed by atoms with Gasteiger partial charge in [0.15, 0.2) is 0 Å². The topological polar surface area (TPSA) is 37.8 Å². The summed E-state index contributed by atoms with van der Waals surface area (Å²) in [7, 11) is 1.99. The molecule has 1 N–H and O–H groups in total. The minimum atomic E-state index is 0.348. The molecule has 0 bridgehead atoms. The van der Waals surface area contributed by atoms with Crippen LogP contribution >= 0.6 is 0 Å². The highest BCUT2D eigenvalue weighted by molar-refractivity contribution is 5.06. The van der Waals surface area contributed by atoms with Crippen LogP contribution in [-0.2, 0) is 0 Å². The summed E-state index contributed by atoms with van der Waals surface area (Å²) >= 11 is 0. The van der Waals surface area contributed by atoms with Crippen molar-refractivity contribution >= 4 is 0 Å². The standard InChI is InChI=1S/C14H23N3/c1-4-5-6-7-8-9-13(15-3)14-10-11-16-12(2)17-14/h4,10-11,13,15H,1,5-9H2,2-3H3. The Kier molecular flexibility index (Phi) is 6.48. The van der Waals surface area contributed by atoms with Crippen LogP contribution in [0, 0.1) is 6.92 Å². The molecular weight excluding hydrogens is 210 g/mol. The number of allylic oxidation sites excluding steroid dienone is 1. The second kappa shape index (κ2) is 7.96. The van der Waals surface area contributed by atoms with Gasteiger partial charge in [-0.2, -0.15) is 0 Å². The van der Waals surface area contributed by atoms with Crippen LogP contribution in [0.3, 0.4) is 0 Å². The highest BCUT2D eigenvalue weighted by Gasteiger charge is 2.10. The summed E-state index contributed by atoms with van der Waals surface area (Å²) in [6, 6.07) is 2.35. The molecule has 0 aliphatic carbocycles. The van der Waals surface area contributed by atoms with Crippen LogP contribution in [0.5, 0.6) is 0 Å². The number of nitrogens with zero attached hydrogens (tertiary/aromatic N) is 2. The lowest BCUT2D eigenvalue weighted by Crippen LogP contribution is -2.18. The van der Waals surface area contributed by atoms with E-state index in [1.165, 1.54) is 19.3 Å². The first-order chi connectivity index (χ1) is 8.27. The molecule has 0 amide bonds. The lowest BCUT2D eigenvalue weighted by atomic mass is 10.0. The zero-order valence-corrected chi connectivity index (χ0v) is 10.9. The molecule has 0 saturated heterocycles. The molecule has 0 aliphatic heterocycles. The summed E-state index contributed by atoms with van der Waals surface area (Å²) in [5, 5.41) is 3.33. The lowest BCUT2D eigenvalue weighted by molar-refractivity contribution is 0.496.